The molecule has 11 heteroatoms. The molecule has 2 amide bonds. The molecule has 3 aromatic carbocycles. The third kappa shape index (κ3) is 5.54. The number of benzene rings is 3. The summed E-state index contributed by atoms with van der Waals surface area (Å²) >= 11 is 4.17. The number of sulfonamides is 1. The van der Waals surface area contributed by atoms with Crippen molar-refractivity contribution in [2.45, 2.75) is 16.6 Å². The van der Waals surface area contributed by atoms with Gasteiger partial charge in [0.15, 0.2) is 5.17 Å². The molecule has 3 aromatic rings. The van der Waals surface area contributed by atoms with Crippen molar-refractivity contribution in [3.63, 3.8) is 0 Å². The second-order valence-electron chi connectivity index (χ2n) is 7.18. The predicted octanol–water partition coefficient (Wildman–Crippen LogP) is 4.81. The standard InChI is InChI=1S/C23H17BrFN3O4S2/c24-15-6-12-19(13-7-15)34(31,32)27-23-28(18-4-2-1-3-5-18)22(30)20(33-23)14-21(29)26-17-10-8-16(25)9-11-17/h1-13,20H,14H2,(H,26,29)/t20-/m1/s1. The zero-order valence-electron chi connectivity index (χ0n) is 17.4. The highest BCUT2D eigenvalue weighted by atomic mass is 79.9. The Balaban J connectivity index is 1.61. The van der Waals surface area contributed by atoms with E-state index < -0.39 is 32.9 Å². The maximum absolute atomic E-state index is 13.2. The average molecular weight is 562 g/mol. The summed E-state index contributed by atoms with van der Waals surface area (Å²) in [7, 11) is -4.11. The predicted molar refractivity (Wildman–Crippen MR) is 134 cm³/mol. The number of amidine groups is 1. The van der Waals surface area contributed by atoms with Crippen molar-refractivity contribution in [2.24, 2.45) is 4.40 Å². The molecule has 1 heterocycles. The van der Waals surface area contributed by atoms with Crippen molar-refractivity contribution in [3.05, 3.63) is 89.2 Å². The summed E-state index contributed by atoms with van der Waals surface area (Å²) in [5.41, 5.74) is 0.819. The molecule has 0 unspecified atom stereocenters. The summed E-state index contributed by atoms with van der Waals surface area (Å²) in [4.78, 5) is 26.9. The van der Waals surface area contributed by atoms with Crippen LogP contribution in [0.2, 0.25) is 0 Å². The highest BCUT2D eigenvalue weighted by Crippen LogP contribution is 2.35. The summed E-state index contributed by atoms with van der Waals surface area (Å²) in [6, 6.07) is 19.7. The molecule has 1 aliphatic heterocycles. The molecule has 0 bridgehead atoms. The van der Waals surface area contributed by atoms with Crippen molar-refractivity contribution in [1.29, 1.82) is 0 Å². The van der Waals surface area contributed by atoms with Gasteiger partial charge in [0.1, 0.15) is 11.1 Å². The van der Waals surface area contributed by atoms with Gasteiger partial charge in [-0.1, -0.05) is 45.9 Å². The van der Waals surface area contributed by atoms with E-state index in [0.29, 0.717) is 15.8 Å². The number of hydrogen-bond donors (Lipinski definition) is 1. The Labute approximate surface area is 208 Å². The highest BCUT2D eigenvalue weighted by molar-refractivity contribution is 9.10. The molecule has 1 atom stereocenters. The molecule has 0 aliphatic carbocycles. The molecular weight excluding hydrogens is 545 g/mol. The summed E-state index contributed by atoms with van der Waals surface area (Å²) < 4.78 is 43.6. The molecule has 7 nitrogen and oxygen atoms in total. The maximum atomic E-state index is 13.2. The molecule has 4 rings (SSSR count). The third-order valence-electron chi connectivity index (χ3n) is 4.76. The van der Waals surface area contributed by atoms with Gasteiger partial charge in [-0.15, -0.1) is 4.40 Å². The van der Waals surface area contributed by atoms with Gasteiger partial charge in [0.2, 0.25) is 11.8 Å². The van der Waals surface area contributed by atoms with E-state index in [1.54, 1.807) is 42.5 Å². The second-order valence-corrected chi connectivity index (χ2v) is 10.9. The van der Waals surface area contributed by atoms with E-state index in [-0.39, 0.29) is 16.5 Å². The van der Waals surface area contributed by atoms with Gasteiger partial charge in [-0.2, -0.15) is 8.42 Å². The molecule has 1 saturated heterocycles. The fourth-order valence-corrected chi connectivity index (χ4v) is 5.75. The molecule has 1 N–H and O–H groups in total. The van der Waals surface area contributed by atoms with Crippen LogP contribution in [-0.4, -0.2) is 30.6 Å². The van der Waals surface area contributed by atoms with Crippen LogP contribution in [-0.2, 0) is 19.6 Å². The van der Waals surface area contributed by atoms with E-state index in [4.69, 9.17) is 0 Å². The van der Waals surface area contributed by atoms with Crippen molar-refractivity contribution in [1.82, 2.24) is 0 Å². The Morgan fingerprint density at radius 3 is 2.32 bits per heavy atom. The van der Waals surface area contributed by atoms with Crippen molar-refractivity contribution >= 4 is 66.1 Å². The van der Waals surface area contributed by atoms with Crippen LogP contribution >= 0.6 is 27.7 Å². The van der Waals surface area contributed by atoms with Gasteiger partial charge in [0, 0.05) is 16.6 Å². The van der Waals surface area contributed by atoms with Crippen molar-refractivity contribution < 1.29 is 22.4 Å². The Morgan fingerprint density at radius 2 is 1.68 bits per heavy atom. The summed E-state index contributed by atoms with van der Waals surface area (Å²) in [5.74, 6) is -1.37. The fourth-order valence-electron chi connectivity index (χ4n) is 3.15. The lowest BCUT2D eigenvalue weighted by atomic mass is 10.2. The first-order chi connectivity index (χ1) is 16.2. The minimum atomic E-state index is -4.11. The number of carbonyl (C=O) groups is 2. The number of rotatable bonds is 6. The Morgan fingerprint density at radius 1 is 1.03 bits per heavy atom. The normalized spacial score (nSPS) is 17.2. The van der Waals surface area contributed by atoms with Gasteiger partial charge in [-0.25, -0.2) is 4.39 Å². The van der Waals surface area contributed by atoms with Gasteiger partial charge < -0.3 is 5.32 Å². The molecule has 0 spiro atoms. The number of nitrogens with zero attached hydrogens (tertiary/aromatic N) is 2. The number of thioether (sulfide) groups is 1. The average Bonchev–Trinajstić information content (AvgIpc) is 3.10. The van der Waals surface area contributed by atoms with Crippen LogP contribution in [0.4, 0.5) is 15.8 Å². The third-order valence-corrected chi connectivity index (χ3v) is 7.82. The number of hydrogen-bond acceptors (Lipinski definition) is 5. The molecule has 1 fully saturated rings. The Hall–Kier alpha value is -3.02. The van der Waals surface area contributed by atoms with Crippen LogP contribution in [0.25, 0.3) is 0 Å². The molecule has 0 aromatic heterocycles. The van der Waals surface area contributed by atoms with Crippen LogP contribution < -0.4 is 10.2 Å². The lowest BCUT2D eigenvalue weighted by Gasteiger charge is -2.16. The van der Waals surface area contributed by atoms with Crippen molar-refractivity contribution in [3.8, 4) is 0 Å². The second kappa shape index (κ2) is 10.1. The van der Waals surface area contributed by atoms with E-state index >= 15 is 0 Å². The fraction of sp³-hybridized carbons (Fsp3) is 0.0870. The van der Waals surface area contributed by atoms with Crippen LogP contribution in [0.3, 0.4) is 0 Å². The van der Waals surface area contributed by atoms with Crippen LogP contribution in [0.1, 0.15) is 6.42 Å². The maximum Gasteiger partial charge on any atom is 0.284 e. The number of halogens is 2. The largest absolute Gasteiger partial charge is 0.326 e. The first-order valence-corrected chi connectivity index (χ1v) is 13.1. The van der Waals surface area contributed by atoms with Crippen LogP contribution in [0.5, 0.6) is 0 Å². The van der Waals surface area contributed by atoms with Gasteiger partial charge in [0.25, 0.3) is 10.0 Å². The van der Waals surface area contributed by atoms with E-state index in [1.807, 2.05) is 0 Å². The smallest absolute Gasteiger partial charge is 0.284 e. The summed E-state index contributed by atoms with van der Waals surface area (Å²) in [6.07, 6.45) is -0.221. The molecular formula is C23H17BrFN3O4S2. The monoisotopic (exact) mass is 561 g/mol. The van der Waals surface area contributed by atoms with Gasteiger partial charge >= 0.3 is 0 Å². The number of anilines is 2. The van der Waals surface area contributed by atoms with Gasteiger partial charge in [-0.05, 0) is 60.7 Å². The number of para-hydroxylation sites is 1. The van der Waals surface area contributed by atoms with Gasteiger partial charge in [-0.3, -0.25) is 14.5 Å². The first-order valence-electron chi connectivity index (χ1n) is 9.94. The molecule has 174 valence electrons. The topological polar surface area (TPSA) is 95.9 Å². The number of amides is 2. The molecule has 0 saturated carbocycles. The lowest BCUT2D eigenvalue weighted by Crippen LogP contribution is -2.33. The quantitative estimate of drug-likeness (QED) is 0.466. The summed E-state index contributed by atoms with van der Waals surface area (Å²) in [6.45, 7) is 0. The molecule has 0 radical (unpaired) electrons. The Kier molecular flexibility index (Phi) is 7.15. The van der Waals surface area contributed by atoms with E-state index in [0.717, 1.165) is 11.8 Å². The Bertz CT molecular complexity index is 1350. The van der Waals surface area contributed by atoms with Crippen LogP contribution in [0.15, 0.2) is 92.6 Å². The first kappa shape index (κ1) is 24.1. The zero-order valence-corrected chi connectivity index (χ0v) is 20.6. The van der Waals surface area contributed by atoms with E-state index in [2.05, 4.69) is 25.6 Å². The summed E-state index contributed by atoms with van der Waals surface area (Å²) in [5, 5.41) is 1.68. The number of nitrogens with one attached hydrogen (secondary N) is 1. The lowest BCUT2D eigenvalue weighted by molar-refractivity contribution is -0.121. The van der Waals surface area contributed by atoms with E-state index in [9.17, 15) is 22.4 Å². The SMILES string of the molecule is O=C(C[C@H]1SC(=NS(=O)(=O)c2ccc(Br)cc2)N(c2ccccc2)C1=O)Nc1ccc(F)cc1. The minimum Gasteiger partial charge on any atom is -0.326 e. The molecule has 1 aliphatic rings. The highest BCUT2D eigenvalue weighted by Gasteiger charge is 2.41. The van der Waals surface area contributed by atoms with Crippen molar-refractivity contribution in [2.75, 3.05) is 10.2 Å². The van der Waals surface area contributed by atoms with Crippen LogP contribution in [0, 0.1) is 5.82 Å². The zero-order chi connectivity index (χ0) is 24.3. The van der Waals surface area contributed by atoms with Gasteiger partial charge in [0.05, 0.1) is 10.6 Å². The van der Waals surface area contributed by atoms with E-state index in [1.165, 1.54) is 41.3 Å². The number of carbonyl (C=O) groups excluding carboxylic acids is 2. The minimum absolute atomic E-state index is 0.0261. The molecule has 34 heavy (non-hydrogen) atoms.